The lowest BCUT2D eigenvalue weighted by molar-refractivity contribution is 0.170. The van der Waals surface area contributed by atoms with Crippen LogP contribution in [0.5, 0.6) is 0 Å². The van der Waals surface area contributed by atoms with Crippen LogP contribution in [0.3, 0.4) is 0 Å². The Balaban J connectivity index is 2.48. The standard InChI is InChI=1S/C7H14N2O/c1-6(2)9-5-3-4-8-7(9)10/h6H,3-5H2,1-2H3,(H,8,10). The number of urea groups is 1. The molecule has 3 heteroatoms. The third kappa shape index (κ3) is 1.40. The molecule has 10 heavy (non-hydrogen) atoms. The minimum absolute atomic E-state index is 0.0845. The molecule has 0 bridgehead atoms. The third-order valence-corrected chi connectivity index (χ3v) is 1.74. The number of carbonyl (C=O) groups excluding carboxylic acids is 1. The highest BCUT2D eigenvalue weighted by atomic mass is 16.2. The lowest BCUT2D eigenvalue weighted by Crippen LogP contribution is -2.49. The maximum atomic E-state index is 11.1. The van der Waals surface area contributed by atoms with E-state index < -0.39 is 0 Å². The molecule has 0 aliphatic carbocycles. The Morgan fingerprint density at radius 1 is 1.60 bits per heavy atom. The van der Waals surface area contributed by atoms with Gasteiger partial charge in [0, 0.05) is 19.1 Å². The van der Waals surface area contributed by atoms with Crippen molar-refractivity contribution in [3.8, 4) is 0 Å². The average molecular weight is 142 g/mol. The van der Waals surface area contributed by atoms with E-state index in [2.05, 4.69) is 5.32 Å². The summed E-state index contributed by atoms with van der Waals surface area (Å²) in [4.78, 5) is 12.9. The van der Waals surface area contributed by atoms with Crippen LogP contribution in [0.25, 0.3) is 0 Å². The molecule has 1 saturated heterocycles. The van der Waals surface area contributed by atoms with Crippen LogP contribution in [0.15, 0.2) is 0 Å². The number of carbonyl (C=O) groups is 1. The van der Waals surface area contributed by atoms with Crippen LogP contribution in [0.2, 0.25) is 0 Å². The van der Waals surface area contributed by atoms with Crippen molar-refractivity contribution >= 4 is 6.03 Å². The van der Waals surface area contributed by atoms with Crippen LogP contribution >= 0.6 is 0 Å². The second-order valence-corrected chi connectivity index (χ2v) is 2.87. The Morgan fingerprint density at radius 3 is 2.70 bits per heavy atom. The number of hydrogen-bond acceptors (Lipinski definition) is 1. The number of amides is 2. The summed E-state index contributed by atoms with van der Waals surface area (Å²) in [7, 11) is 0. The lowest BCUT2D eigenvalue weighted by atomic mass is 10.2. The van der Waals surface area contributed by atoms with E-state index in [1.54, 1.807) is 0 Å². The van der Waals surface area contributed by atoms with Gasteiger partial charge >= 0.3 is 6.03 Å². The molecule has 0 aromatic heterocycles. The Bertz CT molecular complexity index is 134. The van der Waals surface area contributed by atoms with Gasteiger partial charge in [0.1, 0.15) is 0 Å². The molecule has 0 aromatic carbocycles. The molecule has 3 nitrogen and oxygen atoms in total. The summed E-state index contributed by atoms with van der Waals surface area (Å²) in [5.74, 6) is 0. The topological polar surface area (TPSA) is 32.3 Å². The van der Waals surface area contributed by atoms with Gasteiger partial charge in [0.05, 0.1) is 0 Å². The minimum atomic E-state index is 0.0845. The molecule has 1 heterocycles. The zero-order valence-electron chi connectivity index (χ0n) is 6.55. The summed E-state index contributed by atoms with van der Waals surface area (Å²) in [6.45, 7) is 5.81. The molecule has 0 spiro atoms. The van der Waals surface area contributed by atoms with E-state index in [-0.39, 0.29) is 6.03 Å². The van der Waals surface area contributed by atoms with Gasteiger partial charge < -0.3 is 10.2 Å². The van der Waals surface area contributed by atoms with E-state index in [1.165, 1.54) is 0 Å². The van der Waals surface area contributed by atoms with Crippen LogP contribution in [-0.4, -0.2) is 30.1 Å². The second kappa shape index (κ2) is 2.90. The van der Waals surface area contributed by atoms with Gasteiger partial charge in [0.25, 0.3) is 0 Å². The smallest absolute Gasteiger partial charge is 0.317 e. The van der Waals surface area contributed by atoms with E-state index in [0.717, 1.165) is 19.5 Å². The summed E-state index contributed by atoms with van der Waals surface area (Å²) in [6, 6.07) is 0.418. The second-order valence-electron chi connectivity index (χ2n) is 2.87. The molecule has 58 valence electrons. The van der Waals surface area contributed by atoms with Crippen molar-refractivity contribution in [3.05, 3.63) is 0 Å². The zero-order valence-corrected chi connectivity index (χ0v) is 6.55. The molecule has 1 N–H and O–H groups in total. The largest absolute Gasteiger partial charge is 0.338 e. The number of rotatable bonds is 1. The maximum Gasteiger partial charge on any atom is 0.317 e. The Hall–Kier alpha value is -0.730. The molecule has 1 rings (SSSR count). The molecule has 1 aliphatic heterocycles. The van der Waals surface area contributed by atoms with Crippen LogP contribution in [0.1, 0.15) is 20.3 Å². The van der Waals surface area contributed by atoms with Crippen molar-refractivity contribution in [2.45, 2.75) is 26.3 Å². The van der Waals surface area contributed by atoms with E-state index in [4.69, 9.17) is 0 Å². The van der Waals surface area contributed by atoms with Crippen LogP contribution in [-0.2, 0) is 0 Å². The monoisotopic (exact) mass is 142 g/mol. The normalized spacial score (nSPS) is 19.5. The quantitative estimate of drug-likeness (QED) is 0.577. The molecule has 0 aromatic rings. The van der Waals surface area contributed by atoms with E-state index in [0.29, 0.717) is 6.04 Å². The van der Waals surface area contributed by atoms with E-state index in [9.17, 15) is 4.79 Å². The van der Waals surface area contributed by atoms with Gasteiger partial charge in [-0.2, -0.15) is 0 Å². The number of nitrogens with zero attached hydrogens (tertiary/aromatic N) is 1. The molecule has 0 radical (unpaired) electrons. The summed E-state index contributed by atoms with van der Waals surface area (Å²) in [6.07, 6.45) is 1.07. The molecule has 0 saturated carbocycles. The highest BCUT2D eigenvalue weighted by molar-refractivity contribution is 5.75. The summed E-state index contributed by atoms with van der Waals surface area (Å²) in [5, 5.41) is 2.80. The fourth-order valence-electron chi connectivity index (χ4n) is 1.14. The zero-order chi connectivity index (χ0) is 7.56. The number of hydrogen-bond donors (Lipinski definition) is 1. The maximum absolute atomic E-state index is 11.1. The van der Waals surface area contributed by atoms with Gasteiger partial charge in [-0.3, -0.25) is 0 Å². The molecular formula is C7H14N2O. The molecule has 1 fully saturated rings. The highest BCUT2D eigenvalue weighted by Gasteiger charge is 2.18. The van der Waals surface area contributed by atoms with E-state index >= 15 is 0 Å². The third-order valence-electron chi connectivity index (χ3n) is 1.74. The lowest BCUT2D eigenvalue weighted by Gasteiger charge is -2.30. The molecule has 0 unspecified atom stereocenters. The molecule has 1 aliphatic rings. The van der Waals surface area contributed by atoms with Crippen molar-refractivity contribution in [1.29, 1.82) is 0 Å². The van der Waals surface area contributed by atoms with Gasteiger partial charge in [-0.1, -0.05) is 0 Å². The van der Waals surface area contributed by atoms with Crippen LogP contribution in [0, 0.1) is 0 Å². The Kier molecular flexibility index (Phi) is 2.14. The molecule has 2 amide bonds. The van der Waals surface area contributed by atoms with Crippen LogP contribution < -0.4 is 5.32 Å². The van der Waals surface area contributed by atoms with Gasteiger partial charge in [-0.15, -0.1) is 0 Å². The van der Waals surface area contributed by atoms with Crippen molar-refractivity contribution in [2.75, 3.05) is 13.1 Å². The highest BCUT2D eigenvalue weighted by Crippen LogP contribution is 2.03. The molecular weight excluding hydrogens is 128 g/mol. The Labute approximate surface area is 61.4 Å². The Morgan fingerprint density at radius 2 is 2.30 bits per heavy atom. The van der Waals surface area contributed by atoms with E-state index in [1.807, 2.05) is 18.7 Å². The minimum Gasteiger partial charge on any atom is -0.338 e. The fourth-order valence-corrected chi connectivity index (χ4v) is 1.14. The SMILES string of the molecule is CC(C)N1CCCNC1=O. The predicted octanol–water partition coefficient (Wildman–Crippen LogP) is 0.810. The van der Waals surface area contributed by atoms with Crippen molar-refractivity contribution in [2.24, 2.45) is 0 Å². The van der Waals surface area contributed by atoms with Crippen molar-refractivity contribution in [3.63, 3.8) is 0 Å². The van der Waals surface area contributed by atoms with Crippen molar-refractivity contribution < 1.29 is 4.79 Å². The van der Waals surface area contributed by atoms with Gasteiger partial charge in [0.2, 0.25) is 0 Å². The molecule has 0 atom stereocenters. The first-order valence-corrected chi connectivity index (χ1v) is 3.76. The number of nitrogens with one attached hydrogen (secondary N) is 1. The first kappa shape index (κ1) is 7.38. The first-order valence-electron chi connectivity index (χ1n) is 3.76. The summed E-state index contributed by atoms with van der Waals surface area (Å²) < 4.78 is 0. The fraction of sp³-hybridized carbons (Fsp3) is 0.857. The summed E-state index contributed by atoms with van der Waals surface area (Å²) >= 11 is 0. The van der Waals surface area contributed by atoms with Crippen LogP contribution in [0.4, 0.5) is 4.79 Å². The first-order chi connectivity index (χ1) is 4.72. The van der Waals surface area contributed by atoms with Gasteiger partial charge in [-0.25, -0.2) is 4.79 Å². The van der Waals surface area contributed by atoms with Crippen molar-refractivity contribution in [1.82, 2.24) is 10.2 Å². The average Bonchev–Trinajstić information content (AvgIpc) is 1.88. The van der Waals surface area contributed by atoms with Gasteiger partial charge in [-0.05, 0) is 20.3 Å². The predicted molar refractivity (Wildman–Crippen MR) is 39.9 cm³/mol. The van der Waals surface area contributed by atoms with Gasteiger partial charge in [0.15, 0.2) is 0 Å². The summed E-state index contributed by atoms with van der Waals surface area (Å²) in [5.41, 5.74) is 0.